The van der Waals surface area contributed by atoms with Gasteiger partial charge >= 0.3 is 37.7 Å². The summed E-state index contributed by atoms with van der Waals surface area (Å²) in [6, 6.07) is 74.2. The first-order chi connectivity index (χ1) is 27.5. The molecule has 0 bridgehead atoms. The third-order valence-electron chi connectivity index (χ3n) is 9.28. The zero-order chi connectivity index (χ0) is 38.7. The topological polar surface area (TPSA) is 6.48 Å². The van der Waals surface area contributed by atoms with E-state index in [1.807, 2.05) is 131 Å². The zero-order valence-corrected chi connectivity index (χ0v) is 36.5. The van der Waals surface area contributed by atoms with Crippen LogP contribution in [0.2, 0.25) is 0 Å². The smallest absolute Gasteiger partial charge is 0.411 e. The summed E-state index contributed by atoms with van der Waals surface area (Å²) in [7, 11) is 0. The van der Waals surface area contributed by atoms with Gasteiger partial charge in [-0.1, -0.05) is 203 Å². The van der Waals surface area contributed by atoms with Crippen molar-refractivity contribution in [1.82, 2.24) is 0 Å². The third kappa shape index (κ3) is 10.0. The van der Waals surface area contributed by atoms with E-state index in [9.17, 15) is 0 Å². The fourth-order valence-electron chi connectivity index (χ4n) is 6.77. The average Bonchev–Trinajstić information content (AvgIpc) is 3.26. The second-order valence-corrected chi connectivity index (χ2v) is 14.8. The molecule has 7 heteroatoms. The molecule has 0 amide bonds. The molecule has 0 radical (unpaired) electrons. The average molecular weight is 833 g/mol. The van der Waals surface area contributed by atoms with Crippen LogP contribution in [0.5, 0.6) is 0 Å². The molecule has 0 aliphatic heterocycles. The van der Waals surface area contributed by atoms with E-state index < -0.39 is 0 Å². The Morgan fingerprint density at radius 3 is 0.649 bits per heavy atom. The number of hydrogen-bond donors (Lipinski definition) is 0. The van der Waals surface area contributed by atoms with E-state index in [4.69, 9.17) is 49.7 Å². The van der Waals surface area contributed by atoms with Gasteiger partial charge in [-0.2, -0.15) is 0 Å². The Morgan fingerprint density at radius 2 is 0.456 bits per heavy atom. The van der Waals surface area contributed by atoms with Gasteiger partial charge in [-0.05, 0) is 46.5 Å². The van der Waals surface area contributed by atoms with Gasteiger partial charge in [0, 0.05) is 22.3 Å². The van der Waals surface area contributed by atoms with E-state index in [0.717, 1.165) is 67.3 Å². The maximum atomic E-state index is 5.54. The van der Waals surface area contributed by atoms with Gasteiger partial charge in [0.15, 0.2) is 0 Å². The number of thiocarbonyl (C=S) groups is 2. The van der Waals surface area contributed by atoms with Gasteiger partial charge in [0.1, 0.15) is 0 Å². The van der Waals surface area contributed by atoms with Crippen LogP contribution < -0.4 is 9.80 Å². The summed E-state index contributed by atoms with van der Waals surface area (Å²) < 4.78 is 0.790. The summed E-state index contributed by atoms with van der Waals surface area (Å²) in [6.07, 6.45) is 0. The molecule has 0 aliphatic rings. The van der Waals surface area contributed by atoms with Crippen LogP contribution in [0.4, 0.5) is 22.7 Å². The number of hydrogen-bond acceptors (Lipinski definition) is 4. The number of benzene rings is 8. The minimum atomic E-state index is 0. The molecule has 8 aromatic rings. The summed E-state index contributed by atoms with van der Waals surface area (Å²) in [6.45, 7) is 0. The third-order valence-corrected chi connectivity index (χ3v) is 10.0. The summed E-state index contributed by atoms with van der Waals surface area (Å²) in [5.41, 5.74) is 12.8. The quantitative estimate of drug-likeness (QED) is 0.0849. The Morgan fingerprint density at radius 1 is 0.281 bits per heavy atom. The van der Waals surface area contributed by atoms with Gasteiger partial charge in [0.05, 0.1) is 22.7 Å². The molecule has 0 heterocycles. The Labute approximate surface area is 387 Å². The predicted molar refractivity (Wildman–Crippen MR) is 257 cm³/mol. The van der Waals surface area contributed by atoms with Gasteiger partial charge in [-0.25, -0.2) is 0 Å². The molecule has 0 N–H and O–H groups in total. The van der Waals surface area contributed by atoms with Gasteiger partial charge in [0.25, 0.3) is 0 Å². The number of nitrogens with zero attached hydrogens (tertiary/aromatic N) is 2. The first kappa shape index (κ1) is 41.9. The number of para-hydroxylation sites is 4. The van der Waals surface area contributed by atoms with Crippen molar-refractivity contribution in [2.75, 3.05) is 9.80 Å². The first-order valence-electron chi connectivity index (χ1n) is 18.1. The monoisotopic (exact) mass is 832 g/mol. The van der Waals surface area contributed by atoms with E-state index in [1.165, 1.54) is 0 Å². The van der Waals surface area contributed by atoms with Crippen molar-refractivity contribution < 1.29 is 0 Å². The molecule has 0 unspecified atom stereocenters. The molecule has 2 nitrogen and oxygen atoms in total. The molecular formula is C50H36CaN2S4. The van der Waals surface area contributed by atoms with Crippen molar-refractivity contribution in [2.24, 2.45) is 0 Å². The summed E-state index contributed by atoms with van der Waals surface area (Å²) >= 11 is 22.2. The van der Waals surface area contributed by atoms with Crippen LogP contribution in [-0.2, 0) is 25.3 Å². The molecule has 0 spiro atoms. The Balaban J connectivity index is 0.000000189. The van der Waals surface area contributed by atoms with Gasteiger partial charge < -0.3 is 59.5 Å². The number of rotatable bonds is 8. The molecular weight excluding hydrogens is 797 g/mol. The van der Waals surface area contributed by atoms with Crippen molar-refractivity contribution in [3.63, 3.8) is 0 Å². The largest absolute Gasteiger partial charge is 2.00 e. The van der Waals surface area contributed by atoms with E-state index in [-0.39, 0.29) is 37.7 Å². The van der Waals surface area contributed by atoms with Crippen LogP contribution in [0, 0.1) is 0 Å². The Hall–Kier alpha value is -4.76. The Bertz CT molecular complexity index is 2200. The van der Waals surface area contributed by atoms with E-state index in [2.05, 4.69) is 97.1 Å². The molecule has 0 atom stereocenters. The van der Waals surface area contributed by atoms with Gasteiger partial charge in [-0.3, -0.25) is 0 Å². The molecule has 8 rings (SSSR count). The fourth-order valence-corrected chi connectivity index (χ4v) is 7.56. The van der Waals surface area contributed by atoms with Crippen molar-refractivity contribution in [3.8, 4) is 44.5 Å². The predicted octanol–water partition coefficient (Wildman–Crippen LogP) is 13.6. The van der Waals surface area contributed by atoms with Crippen molar-refractivity contribution >= 4 is 119 Å². The molecule has 0 saturated heterocycles. The van der Waals surface area contributed by atoms with Crippen LogP contribution >= 0.6 is 24.4 Å². The molecule has 0 fully saturated rings. The van der Waals surface area contributed by atoms with Crippen molar-refractivity contribution in [3.05, 3.63) is 218 Å². The Kier molecular flexibility index (Phi) is 15.1. The summed E-state index contributed by atoms with van der Waals surface area (Å²) in [5.74, 6) is 0. The fraction of sp³-hybridized carbons (Fsp3) is 0. The van der Waals surface area contributed by atoms with Crippen molar-refractivity contribution in [2.45, 2.75) is 0 Å². The van der Waals surface area contributed by atoms with E-state index in [1.54, 1.807) is 0 Å². The van der Waals surface area contributed by atoms with Crippen LogP contribution in [0.15, 0.2) is 218 Å². The maximum absolute atomic E-state index is 5.54. The van der Waals surface area contributed by atoms with Gasteiger partial charge in [0.2, 0.25) is 0 Å². The second-order valence-electron chi connectivity index (χ2n) is 12.7. The van der Waals surface area contributed by atoms with Gasteiger partial charge in [-0.15, -0.1) is 0 Å². The summed E-state index contributed by atoms with van der Waals surface area (Å²) in [5, 5.41) is 0. The molecule has 8 aromatic carbocycles. The molecule has 0 saturated carbocycles. The van der Waals surface area contributed by atoms with Crippen LogP contribution in [0.1, 0.15) is 0 Å². The standard InChI is InChI=1S/2C25H19NS2.Ca/c2*27-25(28)26(23-17-9-7-15-21(23)19-11-3-1-4-12-19)24-18-10-8-16-22(24)20-13-5-2-6-14-20;/h2*1-18H,(H,27,28);/q;;+2/p-2. The first-order valence-corrected chi connectivity index (χ1v) is 19.7. The maximum Gasteiger partial charge on any atom is 2.00 e. The zero-order valence-electron chi connectivity index (χ0n) is 31.0. The van der Waals surface area contributed by atoms with Crippen LogP contribution in [0.3, 0.4) is 0 Å². The second kappa shape index (κ2) is 20.6. The molecule has 0 aliphatic carbocycles. The van der Waals surface area contributed by atoms with Crippen LogP contribution in [0.25, 0.3) is 44.5 Å². The normalized spacial score (nSPS) is 10.2. The summed E-state index contributed by atoms with van der Waals surface area (Å²) in [4.78, 5) is 3.99. The molecule has 272 valence electrons. The van der Waals surface area contributed by atoms with E-state index in [0.29, 0.717) is 8.64 Å². The molecule has 57 heavy (non-hydrogen) atoms. The SMILES string of the molecule is S=C([S-])N(c1ccccc1-c1ccccc1)c1ccccc1-c1ccccc1.S=C([S-])N(c1ccccc1-c1ccccc1)c1ccccc1-c1ccccc1.[Ca+2]. The van der Waals surface area contributed by atoms with Crippen molar-refractivity contribution in [1.29, 1.82) is 0 Å². The number of anilines is 4. The van der Waals surface area contributed by atoms with E-state index >= 15 is 0 Å². The minimum absolute atomic E-state index is 0. The minimum Gasteiger partial charge on any atom is -0.411 e. The van der Waals surface area contributed by atoms with Crippen LogP contribution in [-0.4, -0.2) is 46.4 Å². The molecule has 0 aromatic heterocycles.